The van der Waals surface area contributed by atoms with Gasteiger partial charge in [0, 0.05) is 18.8 Å². The Hall–Kier alpha value is -2.96. The molecule has 0 aliphatic heterocycles. The van der Waals surface area contributed by atoms with Crippen molar-refractivity contribution in [1.82, 2.24) is 10.3 Å². The lowest BCUT2D eigenvalue weighted by Crippen LogP contribution is -2.24. The predicted octanol–water partition coefficient (Wildman–Crippen LogP) is 3.29. The smallest absolute Gasteiger partial charge is 0.224 e. The molecule has 1 aliphatic carbocycles. The maximum Gasteiger partial charge on any atom is 0.224 e. The predicted molar refractivity (Wildman–Crippen MR) is 109 cm³/mol. The van der Waals surface area contributed by atoms with E-state index in [-0.39, 0.29) is 18.4 Å². The molecule has 0 saturated heterocycles. The summed E-state index contributed by atoms with van der Waals surface area (Å²) < 4.78 is 21.9. The Morgan fingerprint density at radius 1 is 1.03 bits per heavy atom. The van der Waals surface area contributed by atoms with Gasteiger partial charge in [0.15, 0.2) is 11.5 Å². The second kappa shape index (κ2) is 10.0. The topological polar surface area (TPSA) is 78.9 Å². The number of amides is 1. The Kier molecular flexibility index (Phi) is 7.16. The number of hydrogen-bond acceptors (Lipinski definition) is 6. The molecule has 1 aliphatic rings. The van der Waals surface area contributed by atoms with Gasteiger partial charge in [0.05, 0.1) is 27.8 Å². The number of hydrogen-bond donors (Lipinski definition) is 1. The van der Waals surface area contributed by atoms with E-state index >= 15 is 0 Å². The van der Waals surface area contributed by atoms with E-state index in [2.05, 4.69) is 10.3 Å². The molecule has 1 amide bonds. The van der Waals surface area contributed by atoms with Crippen molar-refractivity contribution in [2.75, 3.05) is 21.3 Å². The molecule has 156 valence electrons. The lowest BCUT2D eigenvalue weighted by atomic mass is 10.1. The zero-order valence-electron chi connectivity index (χ0n) is 17.2. The van der Waals surface area contributed by atoms with Crippen LogP contribution in [0.25, 0.3) is 0 Å². The summed E-state index contributed by atoms with van der Waals surface area (Å²) >= 11 is 0. The molecule has 7 heteroatoms. The van der Waals surface area contributed by atoms with Crippen molar-refractivity contribution in [1.29, 1.82) is 0 Å². The van der Waals surface area contributed by atoms with E-state index in [0.717, 1.165) is 24.0 Å². The maximum atomic E-state index is 12.4. The Morgan fingerprint density at radius 3 is 2.34 bits per heavy atom. The third kappa shape index (κ3) is 5.53. The minimum absolute atomic E-state index is 0.102. The van der Waals surface area contributed by atoms with Gasteiger partial charge in [0.1, 0.15) is 6.10 Å². The van der Waals surface area contributed by atoms with Crippen LogP contribution in [0.2, 0.25) is 0 Å². The third-order valence-corrected chi connectivity index (χ3v) is 4.97. The van der Waals surface area contributed by atoms with E-state index in [0.29, 0.717) is 29.7 Å². The Bertz CT molecular complexity index is 809. The molecule has 29 heavy (non-hydrogen) atoms. The number of ether oxygens (including phenoxy) is 4. The van der Waals surface area contributed by atoms with Crippen LogP contribution in [0.4, 0.5) is 0 Å². The average molecular weight is 400 g/mol. The standard InChI is InChI=1S/C22H28N2O5/c1-26-18-10-16(11-19(27-2)22(18)28-3)12-20(25)24-14-15-8-9-23-21(13-15)29-17-6-4-5-7-17/h8-11,13,17H,4-7,12,14H2,1-3H3,(H,24,25). The Morgan fingerprint density at radius 2 is 1.72 bits per heavy atom. The summed E-state index contributed by atoms with van der Waals surface area (Å²) in [5, 5.41) is 2.94. The van der Waals surface area contributed by atoms with E-state index in [4.69, 9.17) is 18.9 Å². The fourth-order valence-electron chi connectivity index (χ4n) is 3.49. The summed E-state index contributed by atoms with van der Waals surface area (Å²) in [6.07, 6.45) is 6.75. The number of aromatic nitrogens is 1. The normalized spacial score (nSPS) is 13.8. The molecule has 0 radical (unpaired) electrons. The molecule has 1 heterocycles. The van der Waals surface area contributed by atoms with Crippen LogP contribution in [0.5, 0.6) is 23.1 Å². The largest absolute Gasteiger partial charge is 0.493 e. The van der Waals surface area contributed by atoms with Crippen molar-refractivity contribution in [2.24, 2.45) is 0 Å². The number of benzene rings is 1. The fourth-order valence-corrected chi connectivity index (χ4v) is 3.49. The van der Waals surface area contributed by atoms with Crippen LogP contribution < -0.4 is 24.3 Å². The Balaban J connectivity index is 1.58. The van der Waals surface area contributed by atoms with Crippen molar-refractivity contribution in [3.63, 3.8) is 0 Å². The molecular formula is C22H28N2O5. The zero-order chi connectivity index (χ0) is 20.6. The van der Waals surface area contributed by atoms with Gasteiger partial charge in [-0.25, -0.2) is 4.98 Å². The molecule has 0 spiro atoms. The molecule has 0 unspecified atom stereocenters. The van der Waals surface area contributed by atoms with Gasteiger partial charge in [-0.1, -0.05) is 0 Å². The highest BCUT2D eigenvalue weighted by Crippen LogP contribution is 2.38. The molecule has 7 nitrogen and oxygen atoms in total. The van der Waals surface area contributed by atoms with E-state index in [1.165, 1.54) is 12.8 Å². The highest BCUT2D eigenvalue weighted by Gasteiger charge is 2.17. The van der Waals surface area contributed by atoms with E-state index in [9.17, 15) is 4.79 Å². The summed E-state index contributed by atoms with van der Waals surface area (Å²) in [6.45, 7) is 0.410. The first-order chi connectivity index (χ1) is 14.1. The number of carbonyl (C=O) groups excluding carboxylic acids is 1. The fraction of sp³-hybridized carbons (Fsp3) is 0.455. The van der Waals surface area contributed by atoms with Gasteiger partial charge < -0.3 is 24.3 Å². The lowest BCUT2D eigenvalue weighted by Gasteiger charge is -2.14. The third-order valence-electron chi connectivity index (χ3n) is 4.97. The molecule has 3 rings (SSSR count). The van der Waals surface area contributed by atoms with Crippen molar-refractivity contribution in [2.45, 2.75) is 44.8 Å². The van der Waals surface area contributed by atoms with Crippen molar-refractivity contribution in [3.8, 4) is 23.1 Å². The molecule has 0 atom stereocenters. The van der Waals surface area contributed by atoms with Gasteiger partial charge in [0.2, 0.25) is 17.5 Å². The molecule has 2 aromatic rings. The first kappa shape index (κ1) is 20.8. The molecule has 1 saturated carbocycles. The zero-order valence-corrected chi connectivity index (χ0v) is 17.2. The van der Waals surface area contributed by atoms with Crippen LogP contribution in [-0.4, -0.2) is 38.3 Å². The van der Waals surface area contributed by atoms with Gasteiger partial charge in [0.25, 0.3) is 0 Å². The van der Waals surface area contributed by atoms with E-state index in [1.54, 1.807) is 39.7 Å². The van der Waals surface area contributed by atoms with Crippen molar-refractivity contribution < 1.29 is 23.7 Å². The molecule has 0 bridgehead atoms. The molecule has 1 N–H and O–H groups in total. The maximum absolute atomic E-state index is 12.4. The molecule has 1 aromatic carbocycles. The van der Waals surface area contributed by atoms with Crippen molar-refractivity contribution >= 4 is 5.91 Å². The van der Waals surface area contributed by atoms with Crippen LogP contribution in [0.15, 0.2) is 30.5 Å². The quantitative estimate of drug-likeness (QED) is 0.696. The van der Waals surface area contributed by atoms with Crippen LogP contribution in [0, 0.1) is 0 Å². The molecule has 1 fully saturated rings. The Labute approximate surface area is 171 Å². The average Bonchev–Trinajstić information content (AvgIpc) is 3.24. The van der Waals surface area contributed by atoms with Gasteiger partial charge in [-0.15, -0.1) is 0 Å². The van der Waals surface area contributed by atoms with Crippen molar-refractivity contribution in [3.05, 3.63) is 41.6 Å². The number of nitrogens with one attached hydrogen (secondary N) is 1. The number of nitrogens with zero attached hydrogens (tertiary/aromatic N) is 1. The highest BCUT2D eigenvalue weighted by molar-refractivity contribution is 5.79. The number of methoxy groups -OCH3 is 3. The number of carbonyl (C=O) groups is 1. The second-order valence-electron chi connectivity index (χ2n) is 7.01. The summed E-state index contributed by atoms with van der Waals surface area (Å²) in [5.74, 6) is 2.07. The van der Waals surface area contributed by atoms with Crippen LogP contribution in [-0.2, 0) is 17.8 Å². The summed E-state index contributed by atoms with van der Waals surface area (Å²) in [4.78, 5) is 16.7. The van der Waals surface area contributed by atoms with E-state index < -0.39 is 0 Å². The minimum Gasteiger partial charge on any atom is -0.493 e. The van der Waals surface area contributed by atoms with Gasteiger partial charge in [-0.2, -0.15) is 0 Å². The summed E-state index contributed by atoms with van der Waals surface area (Å²) in [7, 11) is 4.65. The number of rotatable bonds is 9. The summed E-state index contributed by atoms with van der Waals surface area (Å²) in [6, 6.07) is 7.32. The van der Waals surface area contributed by atoms with Gasteiger partial charge >= 0.3 is 0 Å². The van der Waals surface area contributed by atoms with Gasteiger partial charge in [-0.05, 0) is 55.0 Å². The number of pyridine rings is 1. The van der Waals surface area contributed by atoms with Crippen LogP contribution in [0.3, 0.4) is 0 Å². The summed E-state index contributed by atoms with van der Waals surface area (Å²) in [5.41, 5.74) is 1.73. The monoisotopic (exact) mass is 400 g/mol. The molecular weight excluding hydrogens is 372 g/mol. The van der Waals surface area contributed by atoms with Crippen LogP contribution >= 0.6 is 0 Å². The second-order valence-corrected chi connectivity index (χ2v) is 7.01. The lowest BCUT2D eigenvalue weighted by molar-refractivity contribution is -0.120. The first-order valence-electron chi connectivity index (χ1n) is 9.80. The van der Waals surface area contributed by atoms with E-state index in [1.807, 2.05) is 12.1 Å². The minimum atomic E-state index is -0.102. The van der Waals surface area contributed by atoms with Gasteiger partial charge in [-0.3, -0.25) is 4.79 Å². The first-order valence-corrected chi connectivity index (χ1v) is 9.80. The SMILES string of the molecule is COc1cc(CC(=O)NCc2ccnc(OC3CCCC3)c2)cc(OC)c1OC. The molecule has 1 aromatic heterocycles. The highest BCUT2D eigenvalue weighted by atomic mass is 16.5. The van der Waals surface area contributed by atoms with Crippen LogP contribution in [0.1, 0.15) is 36.8 Å².